The molecule has 19 heavy (non-hydrogen) atoms. The largest absolute Gasteiger partial charge is 0.394 e. The number of carbonyl (C=O) groups is 1. The lowest BCUT2D eigenvalue weighted by Gasteiger charge is -2.38. The van der Waals surface area contributed by atoms with Gasteiger partial charge in [-0.3, -0.25) is 4.79 Å². The number of amides is 1. The van der Waals surface area contributed by atoms with Crippen molar-refractivity contribution in [1.29, 1.82) is 0 Å². The Morgan fingerprint density at radius 2 is 2.11 bits per heavy atom. The molecule has 0 saturated heterocycles. The standard InChI is InChI=1S/C14H28N2O3/c1-11-4-6-14(10-17,7-5-11)15-8-13(18)16-12(2)9-19-3/h11-12,15,17H,4-10H2,1-3H3,(H,16,18). The van der Waals surface area contributed by atoms with E-state index in [1.807, 2.05) is 6.92 Å². The third-order valence-electron chi connectivity index (χ3n) is 3.98. The first-order chi connectivity index (χ1) is 9.01. The molecule has 1 fully saturated rings. The molecular formula is C14H28N2O3. The van der Waals surface area contributed by atoms with Crippen LogP contribution in [-0.4, -0.2) is 49.5 Å². The van der Waals surface area contributed by atoms with Gasteiger partial charge in [0.1, 0.15) is 0 Å². The molecule has 0 aromatic rings. The van der Waals surface area contributed by atoms with Gasteiger partial charge < -0.3 is 20.5 Å². The Hall–Kier alpha value is -0.650. The molecule has 3 N–H and O–H groups in total. The Morgan fingerprint density at radius 1 is 1.47 bits per heavy atom. The van der Waals surface area contributed by atoms with Gasteiger partial charge in [-0.15, -0.1) is 0 Å². The smallest absolute Gasteiger partial charge is 0.234 e. The molecule has 1 unspecified atom stereocenters. The minimum atomic E-state index is -0.269. The molecule has 0 aliphatic heterocycles. The van der Waals surface area contributed by atoms with E-state index in [-0.39, 0.29) is 30.6 Å². The molecule has 0 heterocycles. The molecule has 0 aromatic heterocycles. The first kappa shape index (κ1) is 16.4. The van der Waals surface area contributed by atoms with Crippen molar-refractivity contribution in [3.8, 4) is 0 Å². The Morgan fingerprint density at radius 3 is 2.63 bits per heavy atom. The number of ether oxygens (including phenoxy) is 1. The molecule has 0 spiro atoms. The Bertz CT molecular complexity index is 276. The number of hydrogen-bond donors (Lipinski definition) is 3. The van der Waals surface area contributed by atoms with Crippen LogP contribution in [0.15, 0.2) is 0 Å². The fourth-order valence-corrected chi connectivity index (χ4v) is 2.59. The van der Waals surface area contributed by atoms with Crippen molar-refractivity contribution in [1.82, 2.24) is 10.6 Å². The van der Waals surface area contributed by atoms with Gasteiger partial charge in [-0.05, 0) is 38.5 Å². The van der Waals surface area contributed by atoms with Gasteiger partial charge in [0.15, 0.2) is 0 Å². The van der Waals surface area contributed by atoms with Crippen LogP contribution in [0.25, 0.3) is 0 Å². The maximum Gasteiger partial charge on any atom is 0.234 e. The first-order valence-electron chi connectivity index (χ1n) is 7.15. The summed E-state index contributed by atoms with van der Waals surface area (Å²) in [5.41, 5.74) is -0.269. The summed E-state index contributed by atoms with van der Waals surface area (Å²) in [6.07, 6.45) is 4.08. The van der Waals surface area contributed by atoms with Crippen LogP contribution in [0.4, 0.5) is 0 Å². The molecule has 112 valence electrons. The van der Waals surface area contributed by atoms with Gasteiger partial charge in [-0.2, -0.15) is 0 Å². The third-order valence-corrected chi connectivity index (χ3v) is 3.98. The molecule has 0 radical (unpaired) electrons. The Balaban J connectivity index is 2.34. The van der Waals surface area contributed by atoms with E-state index in [1.165, 1.54) is 0 Å². The number of carbonyl (C=O) groups excluding carboxylic acids is 1. The molecule has 1 amide bonds. The lowest BCUT2D eigenvalue weighted by atomic mass is 9.77. The van der Waals surface area contributed by atoms with Gasteiger partial charge >= 0.3 is 0 Å². The average Bonchev–Trinajstić information content (AvgIpc) is 2.39. The predicted molar refractivity (Wildman–Crippen MR) is 74.9 cm³/mol. The van der Waals surface area contributed by atoms with E-state index >= 15 is 0 Å². The number of aliphatic hydroxyl groups excluding tert-OH is 1. The number of hydrogen-bond acceptors (Lipinski definition) is 4. The van der Waals surface area contributed by atoms with Crippen molar-refractivity contribution in [2.75, 3.05) is 26.9 Å². The van der Waals surface area contributed by atoms with Gasteiger partial charge in [0, 0.05) is 18.7 Å². The van der Waals surface area contributed by atoms with Crippen molar-refractivity contribution < 1.29 is 14.6 Å². The van der Waals surface area contributed by atoms with E-state index in [0.29, 0.717) is 6.61 Å². The van der Waals surface area contributed by atoms with E-state index in [1.54, 1.807) is 7.11 Å². The highest BCUT2D eigenvalue weighted by Gasteiger charge is 2.33. The topological polar surface area (TPSA) is 70.6 Å². The van der Waals surface area contributed by atoms with Crippen molar-refractivity contribution in [2.24, 2.45) is 5.92 Å². The van der Waals surface area contributed by atoms with Crippen LogP contribution in [0, 0.1) is 5.92 Å². The Kier molecular flexibility index (Phi) is 6.75. The van der Waals surface area contributed by atoms with Gasteiger partial charge in [0.05, 0.1) is 19.8 Å². The minimum Gasteiger partial charge on any atom is -0.394 e. The van der Waals surface area contributed by atoms with Crippen LogP contribution < -0.4 is 10.6 Å². The molecule has 0 aromatic carbocycles. The Labute approximate surface area is 116 Å². The van der Waals surface area contributed by atoms with E-state index in [9.17, 15) is 9.90 Å². The summed E-state index contributed by atoms with van der Waals surface area (Å²) in [4.78, 5) is 11.8. The molecule has 1 aliphatic carbocycles. The molecular weight excluding hydrogens is 244 g/mol. The SMILES string of the molecule is COCC(C)NC(=O)CNC1(CO)CCC(C)CC1. The lowest BCUT2D eigenvalue weighted by Crippen LogP contribution is -2.54. The molecule has 5 heteroatoms. The van der Waals surface area contributed by atoms with Crippen LogP contribution in [0.3, 0.4) is 0 Å². The fraction of sp³-hybridized carbons (Fsp3) is 0.929. The highest BCUT2D eigenvalue weighted by molar-refractivity contribution is 5.78. The van der Waals surface area contributed by atoms with Gasteiger partial charge in [0.2, 0.25) is 5.91 Å². The maximum atomic E-state index is 11.8. The van der Waals surface area contributed by atoms with E-state index in [4.69, 9.17) is 4.74 Å². The summed E-state index contributed by atoms with van der Waals surface area (Å²) >= 11 is 0. The summed E-state index contributed by atoms with van der Waals surface area (Å²) < 4.78 is 4.98. The second kappa shape index (κ2) is 7.82. The normalized spacial score (nSPS) is 28.9. The summed E-state index contributed by atoms with van der Waals surface area (Å²) in [5.74, 6) is 0.674. The van der Waals surface area contributed by atoms with Gasteiger partial charge in [-0.25, -0.2) is 0 Å². The minimum absolute atomic E-state index is 0.00996. The van der Waals surface area contributed by atoms with Gasteiger partial charge in [0.25, 0.3) is 0 Å². The zero-order valence-electron chi connectivity index (χ0n) is 12.4. The maximum absolute atomic E-state index is 11.8. The van der Waals surface area contributed by atoms with Crippen molar-refractivity contribution in [3.63, 3.8) is 0 Å². The van der Waals surface area contributed by atoms with Crippen molar-refractivity contribution in [2.45, 2.75) is 51.1 Å². The highest BCUT2D eigenvalue weighted by atomic mass is 16.5. The number of nitrogens with one attached hydrogen (secondary N) is 2. The fourth-order valence-electron chi connectivity index (χ4n) is 2.59. The number of rotatable bonds is 7. The van der Waals surface area contributed by atoms with E-state index in [0.717, 1.165) is 31.6 Å². The predicted octanol–water partition coefficient (Wildman–Crippen LogP) is 0.668. The quantitative estimate of drug-likeness (QED) is 0.637. The van der Waals surface area contributed by atoms with Crippen LogP contribution in [0.5, 0.6) is 0 Å². The van der Waals surface area contributed by atoms with Crippen LogP contribution in [0.1, 0.15) is 39.5 Å². The number of methoxy groups -OCH3 is 1. The molecule has 0 bridgehead atoms. The zero-order chi connectivity index (χ0) is 14.3. The molecule has 5 nitrogen and oxygen atoms in total. The third kappa shape index (κ3) is 5.47. The van der Waals surface area contributed by atoms with Crippen LogP contribution in [0.2, 0.25) is 0 Å². The highest BCUT2D eigenvalue weighted by Crippen LogP contribution is 2.31. The van der Waals surface area contributed by atoms with Gasteiger partial charge in [-0.1, -0.05) is 6.92 Å². The summed E-state index contributed by atoms with van der Waals surface area (Å²) in [7, 11) is 1.62. The summed E-state index contributed by atoms with van der Waals surface area (Å²) in [5, 5.41) is 15.7. The first-order valence-corrected chi connectivity index (χ1v) is 7.15. The molecule has 1 rings (SSSR count). The summed E-state index contributed by atoms with van der Waals surface area (Å²) in [6.45, 7) is 5.00. The molecule has 1 atom stereocenters. The zero-order valence-corrected chi connectivity index (χ0v) is 12.4. The van der Waals surface area contributed by atoms with E-state index in [2.05, 4.69) is 17.6 Å². The number of aliphatic hydroxyl groups is 1. The van der Waals surface area contributed by atoms with Crippen LogP contribution >= 0.6 is 0 Å². The van der Waals surface area contributed by atoms with Crippen LogP contribution in [-0.2, 0) is 9.53 Å². The van der Waals surface area contributed by atoms with E-state index < -0.39 is 0 Å². The second-order valence-electron chi connectivity index (χ2n) is 5.90. The lowest BCUT2D eigenvalue weighted by molar-refractivity contribution is -0.121. The molecule has 1 saturated carbocycles. The average molecular weight is 272 g/mol. The monoisotopic (exact) mass is 272 g/mol. The van der Waals surface area contributed by atoms with Crippen molar-refractivity contribution in [3.05, 3.63) is 0 Å². The second-order valence-corrected chi connectivity index (χ2v) is 5.90. The summed E-state index contributed by atoms with van der Waals surface area (Å²) in [6, 6.07) is 0.00996. The molecule has 1 aliphatic rings. The van der Waals surface area contributed by atoms with Crippen molar-refractivity contribution >= 4 is 5.91 Å².